The van der Waals surface area contributed by atoms with Crippen molar-refractivity contribution in [3.05, 3.63) is 94.8 Å². The number of nitrogens with zero attached hydrogens (tertiary/aromatic N) is 2. The molecule has 3 aromatic rings. The Kier molecular flexibility index (Phi) is 7.03. The lowest BCUT2D eigenvalue weighted by Crippen LogP contribution is -2.34. The summed E-state index contributed by atoms with van der Waals surface area (Å²) in [5.41, 5.74) is 5.07. The molecule has 2 aromatic carbocycles. The van der Waals surface area contributed by atoms with E-state index in [1.54, 1.807) is 32.4 Å². The second-order valence-corrected chi connectivity index (χ2v) is 7.82. The molecule has 1 unspecified atom stereocenters. The van der Waals surface area contributed by atoms with E-state index >= 15 is 0 Å². The quantitative estimate of drug-likeness (QED) is 0.621. The Hall–Kier alpha value is -3.67. The van der Waals surface area contributed by atoms with Crippen LogP contribution in [0, 0.1) is 13.8 Å². The highest BCUT2D eigenvalue weighted by atomic mass is 16.2. The van der Waals surface area contributed by atoms with Crippen molar-refractivity contribution in [3.8, 4) is 0 Å². The fraction of sp³-hybridized carbons (Fsp3) is 0.240. The van der Waals surface area contributed by atoms with Crippen LogP contribution in [0.1, 0.15) is 38.8 Å². The fourth-order valence-electron chi connectivity index (χ4n) is 3.24. The Balaban J connectivity index is 1.78. The molecule has 2 N–H and O–H groups in total. The third-order valence-corrected chi connectivity index (χ3v) is 5.05. The van der Waals surface area contributed by atoms with Gasteiger partial charge in [0, 0.05) is 31.5 Å². The predicted octanol–water partition coefficient (Wildman–Crippen LogP) is 4.51. The molecule has 0 spiro atoms. The number of carbonyl (C=O) groups is 2. The van der Waals surface area contributed by atoms with Gasteiger partial charge in [-0.3, -0.25) is 9.78 Å². The molecular formula is C25H28N4O2. The van der Waals surface area contributed by atoms with Gasteiger partial charge < -0.3 is 15.5 Å². The van der Waals surface area contributed by atoms with Gasteiger partial charge in [-0.05, 0) is 55.7 Å². The first kappa shape index (κ1) is 22.0. The van der Waals surface area contributed by atoms with Crippen LogP contribution in [0.4, 0.5) is 10.5 Å². The van der Waals surface area contributed by atoms with E-state index in [-0.39, 0.29) is 18.0 Å². The topological polar surface area (TPSA) is 74.3 Å². The molecule has 0 aliphatic carbocycles. The molecule has 6 heteroatoms. The fourth-order valence-corrected chi connectivity index (χ4v) is 3.24. The van der Waals surface area contributed by atoms with Gasteiger partial charge in [-0.15, -0.1) is 0 Å². The molecule has 160 valence electrons. The van der Waals surface area contributed by atoms with Crippen LogP contribution in [0.3, 0.4) is 0 Å². The van der Waals surface area contributed by atoms with Crippen LogP contribution in [0.25, 0.3) is 0 Å². The van der Waals surface area contributed by atoms with E-state index in [2.05, 4.69) is 39.9 Å². The van der Waals surface area contributed by atoms with Gasteiger partial charge in [0.25, 0.3) is 5.91 Å². The first-order valence-electron chi connectivity index (χ1n) is 10.2. The minimum absolute atomic E-state index is 0.116. The highest BCUT2D eigenvalue weighted by Crippen LogP contribution is 2.20. The average Bonchev–Trinajstić information content (AvgIpc) is 2.76. The first-order chi connectivity index (χ1) is 14.8. The molecule has 3 rings (SSSR count). The van der Waals surface area contributed by atoms with Gasteiger partial charge in [-0.25, -0.2) is 4.79 Å². The number of amides is 3. The van der Waals surface area contributed by atoms with Gasteiger partial charge >= 0.3 is 6.03 Å². The number of benzene rings is 2. The average molecular weight is 417 g/mol. The monoisotopic (exact) mass is 416 g/mol. The summed E-state index contributed by atoms with van der Waals surface area (Å²) in [5, 5.41) is 5.93. The summed E-state index contributed by atoms with van der Waals surface area (Å²) >= 11 is 0. The van der Waals surface area contributed by atoms with Crippen molar-refractivity contribution >= 4 is 17.6 Å². The number of nitrogens with one attached hydrogen (secondary N) is 2. The van der Waals surface area contributed by atoms with Crippen molar-refractivity contribution in [1.82, 2.24) is 15.2 Å². The SMILES string of the molecule is Cc1ccc(CC(NC(=O)Nc2cc(C(=O)N(C)C)ccc2C)c2ccccn2)cc1. The van der Waals surface area contributed by atoms with Crippen LogP contribution in [0.2, 0.25) is 0 Å². The Labute approximate surface area is 183 Å². The summed E-state index contributed by atoms with van der Waals surface area (Å²) < 4.78 is 0. The van der Waals surface area contributed by atoms with Gasteiger partial charge in [0.05, 0.1) is 11.7 Å². The summed E-state index contributed by atoms with van der Waals surface area (Å²) in [7, 11) is 3.40. The third-order valence-electron chi connectivity index (χ3n) is 5.05. The lowest BCUT2D eigenvalue weighted by atomic mass is 10.0. The molecular weight excluding hydrogens is 388 g/mol. The van der Waals surface area contributed by atoms with Crippen molar-refractivity contribution in [3.63, 3.8) is 0 Å². The number of urea groups is 1. The molecule has 1 atom stereocenters. The van der Waals surface area contributed by atoms with E-state index in [0.717, 1.165) is 16.8 Å². The van der Waals surface area contributed by atoms with Crippen LogP contribution in [-0.4, -0.2) is 35.9 Å². The number of rotatable bonds is 6. The number of hydrogen-bond acceptors (Lipinski definition) is 3. The molecule has 0 saturated carbocycles. The number of carbonyl (C=O) groups excluding carboxylic acids is 2. The number of hydrogen-bond donors (Lipinski definition) is 2. The number of pyridine rings is 1. The first-order valence-corrected chi connectivity index (χ1v) is 10.2. The normalized spacial score (nSPS) is 11.5. The second-order valence-electron chi connectivity index (χ2n) is 7.82. The van der Waals surface area contributed by atoms with Gasteiger partial charge in [0.15, 0.2) is 0 Å². The number of anilines is 1. The van der Waals surface area contributed by atoms with E-state index < -0.39 is 0 Å². The summed E-state index contributed by atoms with van der Waals surface area (Å²) in [6.45, 7) is 3.94. The summed E-state index contributed by atoms with van der Waals surface area (Å²) in [6.07, 6.45) is 2.33. The third kappa shape index (κ3) is 5.92. The van der Waals surface area contributed by atoms with E-state index in [0.29, 0.717) is 17.7 Å². The predicted molar refractivity (Wildman–Crippen MR) is 123 cm³/mol. The van der Waals surface area contributed by atoms with Crippen LogP contribution in [0.15, 0.2) is 66.9 Å². The van der Waals surface area contributed by atoms with Crippen molar-refractivity contribution in [2.45, 2.75) is 26.3 Å². The molecule has 1 heterocycles. The standard InChI is InChI=1S/C25H28N4O2/c1-17-8-11-19(12-9-17)15-23(21-7-5-6-14-26-21)28-25(31)27-22-16-20(13-10-18(22)2)24(30)29(3)4/h5-14,16,23H,15H2,1-4H3,(H2,27,28,31). The highest BCUT2D eigenvalue weighted by molar-refractivity contribution is 5.97. The maximum atomic E-state index is 12.9. The van der Waals surface area contributed by atoms with E-state index in [1.807, 2.05) is 38.1 Å². The number of aromatic nitrogens is 1. The van der Waals surface area contributed by atoms with Crippen molar-refractivity contribution in [2.24, 2.45) is 0 Å². The van der Waals surface area contributed by atoms with Crippen molar-refractivity contribution in [2.75, 3.05) is 19.4 Å². The summed E-state index contributed by atoms with van der Waals surface area (Å²) in [6, 6.07) is 18.5. The molecule has 0 bridgehead atoms. The van der Waals surface area contributed by atoms with Gasteiger partial charge in [0.2, 0.25) is 0 Å². The van der Waals surface area contributed by atoms with Crippen LogP contribution < -0.4 is 10.6 Å². The molecule has 0 aliphatic heterocycles. The smallest absolute Gasteiger partial charge is 0.319 e. The lowest BCUT2D eigenvalue weighted by Gasteiger charge is -2.20. The largest absolute Gasteiger partial charge is 0.345 e. The Morgan fingerprint density at radius 3 is 2.39 bits per heavy atom. The van der Waals surface area contributed by atoms with Gasteiger partial charge in [-0.2, -0.15) is 0 Å². The van der Waals surface area contributed by atoms with Gasteiger partial charge in [0.1, 0.15) is 0 Å². The van der Waals surface area contributed by atoms with Crippen LogP contribution in [-0.2, 0) is 6.42 Å². The van der Waals surface area contributed by atoms with Crippen molar-refractivity contribution < 1.29 is 9.59 Å². The molecule has 0 aliphatic rings. The van der Waals surface area contributed by atoms with Crippen molar-refractivity contribution in [1.29, 1.82) is 0 Å². The van der Waals surface area contributed by atoms with Gasteiger partial charge in [-0.1, -0.05) is 42.0 Å². The zero-order valence-electron chi connectivity index (χ0n) is 18.3. The maximum absolute atomic E-state index is 12.9. The highest BCUT2D eigenvalue weighted by Gasteiger charge is 2.18. The Morgan fingerprint density at radius 2 is 1.74 bits per heavy atom. The Bertz CT molecular complexity index is 1050. The van der Waals surface area contributed by atoms with E-state index in [1.165, 1.54) is 10.5 Å². The molecule has 31 heavy (non-hydrogen) atoms. The molecule has 0 saturated heterocycles. The zero-order chi connectivity index (χ0) is 22.4. The zero-order valence-corrected chi connectivity index (χ0v) is 18.3. The van der Waals surface area contributed by atoms with E-state index in [9.17, 15) is 9.59 Å². The van der Waals surface area contributed by atoms with Crippen LogP contribution >= 0.6 is 0 Å². The molecule has 0 radical (unpaired) electrons. The van der Waals surface area contributed by atoms with E-state index in [4.69, 9.17) is 0 Å². The maximum Gasteiger partial charge on any atom is 0.319 e. The van der Waals surface area contributed by atoms with Crippen LogP contribution in [0.5, 0.6) is 0 Å². The second kappa shape index (κ2) is 9.89. The Morgan fingerprint density at radius 1 is 1.00 bits per heavy atom. The molecule has 1 aromatic heterocycles. The summed E-state index contributed by atoms with van der Waals surface area (Å²) in [4.78, 5) is 31.1. The number of aryl methyl sites for hydroxylation is 2. The molecule has 3 amide bonds. The minimum atomic E-state index is -0.347. The molecule has 0 fully saturated rings. The minimum Gasteiger partial charge on any atom is -0.345 e. The lowest BCUT2D eigenvalue weighted by molar-refractivity contribution is 0.0827. The summed E-state index contributed by atoms with van der Waals surface area (Å²) in [5.74, 6) is -0.116. The molecule has 6 nitrogen and oxygen atoms in total.